The number of nitrogens with two attached hydrogens (primary N) is 1. The molecule has 1 heterocycles. The molecule has 0 atom stereocenters. The molecule has 19 heavy (non-hydrogen) atoms. The topological polar surface area (TPSA) is 29.3 Å². The molecule has 1 aliphatic carbocycles. The minimum absolute atomic E-state index is 0.494. The van der Waals surface area contributed by atoms with Gasteiger partial charge >= 0.3 is 0 Å². The third-order valence-electron chi connectivity index (χ3n) is 5.18. The summed E-state index contributed by atoms with van der Waals surface area (Å²) in [4.78, 5) is 2.61. The number of aryl methyl sites for hydroxylation is 1. The molecule has 0 radical (unpaired) electrons. The third-order valence-corrected chi connectivity index (χ3v) is 5.18. The summed E-state index contributed by atoms with van der Waals surface area (Å²) in [6.07, 6.45) is 7.89. The first-order valence-electron chi connectivity index (χ1n) is 7.85. The van der Waals surface area contributed by atoms with Crippen molar-refractivity contribution in [2.45, 2.75) is 43.9 Å². The Morgan fingerprint density at radius 3 is 2.68 bits per heavy atom. The molecule has 0 saturated carbocycles. The van der Waals surface area contributed by atoms with Gasteiger partial charge in [-0.25, -0.2) is 0 Å². The van der Waals surface area contributed by atoms with Crippen LogP contribution in [0, 0.1) is 0 Å². The van der Waals surface area contributed by atoms with Crippen LogP contribution in [0.1, 0.15) is 43.2 Å². The minimum Gasteiger partial charge on any atom is -0.330 e. The van der Waals surface area contributed by atoms with E-state index in [1.807, 2.05) is 0 Å². The zero-order valence-electron chi connectivity index (χ0n) is 11.9. The smallest absolute Gasteiger partial charge is 0.000671 e. The first-order chi connectivity index (χ1) is 9.34. The van der Waals surface area contributed by atoms with E-state index in [9.17, 15) is 0 Å². The summed E-state index contributed by atoms with van der Waals surface area (Å²) in [5.41, 5.74) is 9.39. The second kappa shape index (κ2) is 5.64. The number of nitrogens with zero attached hydrogens (tertiary/aromatic N) is 1. The summed E-state index contributed by atoms with van der Waals surface area (Å²) in [5, 5.41) is 0. The Morgan fingerprint density at radius 2 is 1.89 bits per heavy atom. The molecule has 1 aromatic carbocycles. The zero-order chi connectivity index (χ0) is 13.1. The molecule has 0 aromatic heterocycles. The minimum atomic E-state index is 0.494. The highest BCUT2D eigenvalue weighted by Gasteiger charge is 2.38. The van der Waals surface area contributed by atoms with Crippen LogP contribution in [0.15, 0.2) is 24.3 Å². The molecule has 1 aromatic rings. The normalized spacial score (nSPS) is 22.4. The molecule has 1 aliphatic heterocycles. The molecular formula is C17H26N2. The molecule has 2 aliphatic rings. The maximum Gasteiger partial charge on any atom is -0.000671 e. The Kier molecular flexibility index (Phi) is 3.90. The van der Waals surface area contributed by atoms with Crippen LogP contribution < -0.4 is 5.73 Å². The van der Waals surface area contributed by atoms with Crippen molar-refractivity contribution in [1.82, 2.24) is 4.90 Å². The number of piperidine rings is 1. The largest absolute Gasteiger partial charge is 0.330 e. The molecule has 1 fully saturated rings. The van der Waals surface area contributed by atoms with Crippen LogP contribution in [0.4, 0.5) is 0 Å². The van der Waals surface area contributed by atoms with Crippen LogP contribution in [-0.2, 0) is 11.8 Å². The number of hydrogen-bond donors (Lipinski definition) is 1. The molecular weight excluding hydrogens is 232 g/mol. The van der Waals surface area contributed by atoms with Crippen molar-refractivity contribution in [2.75, 3.05) is 26.2 Å². The van der Waals surface area contributed by atoms with Gasteiger partial charge in [0, 0.05) is 0 Å². The van der Waals surface area contributed by atoms with Gasteiger partial charge < -0.3 is 10.6 Å². The molecule has 3 rings (SSSR count). The maximum absolute atomic E-state index is 5.62. The number of benzene rings is 1. The molecule has 104 valence electrons. The van der Waals surface area contributed by atoms with Gasteiger partial charge in [-0.05, 0) is 81.2 Å². The Balaban J connectivity index is 1.73. The lowest BCUT2D eigenvalue weighted by atomic mass is 9.65. The van der Waals surface area contributed by atoms with Crippen molar-refractivity contribution >= 4 is 0 Å². The van der Waals surface area contributed by atoms with Crippen molar-refractivity contribution in [3.8, 4) is 0 Å². The molecule has 2 N–H and O–H groups in total. The van der Waals surface area contributed by atoms with Crippen molar-refractivity contribution in [2.24, 2.45) is 5.73 Å². The average Bonchev–Trinajstić information content (AvgIpc) is 2.47. The lowest BCUT2D eigenvalue weighted by molar-refractivity contribution is 0.144. The van der Waals surface area contributed by atoms with E-state index in [1.165, 1.54) is 51.7 Å². The van der Waals surface area contributed by atoms with E-state index in [2.05, 4.69) is 29.2 Å². The molecule has 1 spiro atoms. The highest BCUT2D eigenvalue weighted by atomic mass is 15.1. The van der Waals surface area contributed by atoms with Gasteiger partial charge in [-0.2, -0.15) is 0 Å². The molecule has 2 heteroatoms. The molecule has 0 amide bonds. The second-order valence-corrected chi connectivity index (χ2v) is 6.27. The summed E-state index contributed by atoms with van der Waals surface area (Å²) in [6, 6.07) is 9.17. The third kappa shape index (κ3) is 2.56. The first kappa shape index (κ1) is 13.1. The Bertz CT molecular complexity index is 419. The van der Waals surface area contributed by atoms with Crippen LogP contribution in [0.5, 0.6) is 0 Å². The van der Waals surface area contributed by atoms with Gasteiger partial charge in [-0.3, -0.25) is 0 Å². The van der Waals surface area contributed by atoms with E-state index in [1.54, 1.807) is 11.1 Å². The van der Waals surface area contributed by atoms with Crippen LogP contribution in [0.2, 0.25) is 0 Å². The lowest BCUT2D eigenvalue weighted by Crippen LogP contribution is -2.44. The SMILES string of the molecule is NCCCN1CCC2(CCCc3ccccc32)CC1. The Hall–Kier alpha value is -0.860. The van der Waals surface area contributed by atoms with Crippen molar-refractivity contribution in [3.05, 3.63) is 35.4 Å². The van der Waals surface area contributed by atoms with Gasteiger partial charge in [0.1, 0.15) is 0 Å². The van der Waals surface area contributed by atoms with Crippen LogP contribution in [0.25, 0.3) is 0 Å². The van der Waals surface area contributed by atoms with Gasteiger partial charge in [0.25, 0.3) is 0 Å². The number of likely N-dealkylation sites (tertiary alicyclic amines) is 1. The second-order valence-electron chi connectivity index (χ2n) is 6.27. The monoisotopic (exact) mass is 258 g/mol. The highest BCUT2D eigenvalue weighted by Crippen LogP contribution is 2.44. The van der Waals surface area contributed by atoms with Crippen LogP contribution in [-0.4, -0.2) is 31.1 Å². The van der Waals surface area contributed by atoms with Crippen molar-refractivity contribution in [3.63, 3.8) is 0 Å². The number of rotatable bonds is 3. The van der Waals surface area contributed by atoms with E-state index in [4.69, 9.17) is 5.73 Å². The molecule has 0 unspecified atom stereocenters. The Morgan fingerprint density at radius 1 is 1.11 bits per heavy atom. The van der Waals surface area contributed by atoms with Crippen LogP contribution >= 0.6 is 0 Å². The fourth-order valence-electron chi connectivity index (χ4n) is 4.05. The van der Waals surface area contributed by atoms with Crippen molar-refractivity contribution < 1.29 is 0 Å². The van der Waals surface area contributed by atoms with E-state index in [0.717, 1.165) is 13.0 Å². The quantitative estimate of drug-likeness (QED) is 0.903. The first-order valence-corrected chi connectivity index (χ1v) is 7.85. The van der Waals surface area contributed by atoms with Gasteiger partial charge in [0.15, 0.2) is 0 Å². The van der Waals surface area contributed by atoms with Crippen molar-refractivity contribution in [1.29, 1.82) is 0 Å². The highest BCUT2D eigenvalue weighted by molar-refractivity contribution is 5.37. The summed E-state index contributed by atoms with van der Waals surface area (Å²) in [5.74, 6) is 0. The zero-order valence-corrected chi connectivity index (χ0v) is 11.9. The number of fused-ring (bicyclic) bond motifs is 2. The van der Waals surface area contributed by atoms with E-state index in [0.29, 0.717) is 5.41 Å². The van der Waals surface area contributed by atoms with E-state index < -0.39 is 0 Å². The van der Waals surface area contributed by atoms with Gasteiger partial charge in [-0.1, -0.05) is 24.3 Å². The summed E-state index contributed by atoms with van der Waals surface area (Å²) in [6.45, 7) is 4.53. The van der Waals surface area contributed by atoms with Gasteiger partial charge in [-0.15, -0.1) is 0 Å². The summed E-state index contributed by atoms with van der Waals surface area (Å²) >= 11 is 0. The van der Waals surface area contributed by atoms with Gasteiger partial charge in [0.2, 0.25) is 0 Å². The molecule has 0 bridgehead atoms. The van der Waals surface area contributed by atoms with E-state index >= 15 is 0 Å². The lowest BCUT2D eigenvalue weighted by Gasteiger charge is -2.45. The standard InChI is InChI=1S/C17H26N2/c18-11-4-12-19-13-9-17(10-14-19)8-3-6-15-5-1-2-7-16(15)17/h1-2,5,7H,3-4,6,8-14,18H2. The fraction of sp³-hybridized carbons (Fsp3) is 0.647. The Labute approximate surface area is 117 Å². The molecule has 1 saturated heterocycles. The number of hydrogen-bond acceptors (Lipinski definition) is 2. The van der Waals surface area contributed by atoms with Gasteiger partial charge in [0.05, 0.1) is 0 Å². The van der Waals surface area contributed by atoms with E-state index in [-0.39, 0.29) is 0 Å². The maximum atomic E-state index is 5.62. The summed E-state index contributed by atoms with van der Waals surface area (Å²) < 4.78 is 0. The predicted octanol–water partition coefficient (Wildman–Crippen LogP) is 2.71. The fourth-order valence-corrected chi connectivity index (χ4v) is 4.05. The average molecular weight is 258 g/mol. The van der Waals surface area contributed by atoms with Crippen LogP contribution in [0.3, 0.4) is 0 Å². The summed E-state index contributed by atoms with van der Waals surface area (Å²) in [7, 11) is 0. The molecule has 2 nitrogen and oxygen atoms in total. The predicted molar refractivity (Wildman–Crippen MR) is 80.4 cm³/mol.